The molecule has 1 spiro atoms. The van der Waals surface area contributed by atoms with E-state index in [9.17, 15) is 4.79 Å². The summed E-state index contributed by atoms with van der Waals surface area (Å²) in [5.41, 5.74) is 3.78. The average Bonchev–Trinajstić information content (AvgIpc) is 3.37. The molecule has 0 bridgehead atoms. The number of rotatable bonds is 4. The molecule has 0 N–H and O–H groups in total. The van der Waals surface area contributed by atoms with Gasteiger partial charge in [0.1, 0.15) is 12.2 Å². The summed E-state index contributed by atoms with van der Waals surface area (Å²) in [7, 11) is 3.89. The second kappa shape index (κ2) is 7.30. The maximum absolute atomic E-state index is 13.3. The van der Waals surface area contributed by atoms with Gasteiger partial charge in [0, 0.05) is 63.8 Å². The Kier molecular flexibility index (Phi) is 4.69. The number of hydrogen-bond acceptors (Lipinski definition) is 5. The zero-order valence-corrected chi connectivity index (χ0v) is 18.6. The first kappa shape index (κ1) is 19.9. The summed E-state index contributed by atoms with van der Waals surface area (Å²) in [6.45, 7) is 8.14. The van der Waals surface area contributed by atoms with Gasteiger partial charge < -0.3 is 9.47 Å². The van der Waals surface area contributed by atoms with E-state index in [-0.39, 0.29) is 17.2 Å². The third kappa shape index (κ3) is 3.26. The summed E-state index contributed by atoms with van der Waals surface area (Å²) < 4.78 is 3.82. The number of hydrogen-bond donors (Lipinski definition) is 0. The maximum atomic E-state index is 13.3. The van der Waals surface area contributed by atoms with Crippen molar-refractivity contribution in [1.29, 1.82) is 0 Å². The monoisotopic (exact) mass is 419 g/mol. The fraction of sp³-hybridized carbons (Fsp3) is 0.478. The van der Waals surface area contributed by atoms with E-state index < -0.39 is 0 Å². The summed E-state index contributed by atoms with van der Waals surface area (Å²) in [4.78, 5) is 17.8. The number of aryl methyl sites for hydroxylation is 3. The molecule has 0 saturated carbocycles. The maximum Gasteiger partial charge on any atom is 0.257 e. The summed E-state index contributed by atoms with van der Waals surface area (Å²) in [6, 6.07) is 10.6. The lowest BCUT2D eigenvalue weighted by Crippen LogP contribution is -2.61. The predicted molar refractivity (Wildman–Crippen MR) is 116 cm³/mol. The van der Waals surface area contributed by atoms with Gasteiger partial charge >= 0.3 is 0 Å². The number of amides is 1. The normalized spacial score (nSPS) is 20.4. The highest BCUT2D eigenvalue weighted by atomic mass is 16.2. The molecule has 1 amide bonds. The van der Waals surface area contributed by atoms with Gasteiger partial charge in [-0.25, -0.2) is 0 Å². The SMILES string of the molecule is Cc1nn(C)c(C)c1C(=O)N1CC2(CN(Cc3ccccc3)CC2c2nncn2C)C1. The Morgan fingerprint density at radius 1 is 1.13 bits per heavy atom. The summed E-state index contributed by atoms with van der Waals surface area (Å²) in [5, 5.41) is 13.0. The molecular weight excluding hydrogens is 390 g/mol. The van der Waals surface area contributed by atoms with Crippen molar-refractivity contribution in [3.05, 3.63) is 65.0 Å². The Balaban J connectivity index is 1.39. The number of carbonyl (C=O) groups is 1. The van der Waals surface area contributed by atoms with Crippen LogP contribution in [0.2, 0.25) is 0 Å². The van der Waals surface area contributed by atoms with Gasteiger partial charge in [-0.05, 0) is 19.4 Å². The lowest BCUT2D eigenvalue weighted by Gasteiger charge is -2.50. The van der Waals surface area contributed by atoms with Crippen LogP contribution in [0.4, 0.5) is 0 Å². The minimum atomic E-state index is 0.00918. The summed E-state index contributed by atoms with van der Waals surface area (Å²) in [6.07, 6.45) is 1.77. The lowest BCUT2D eigenvalue weighted by molar-refractivity contribution is 0.00129. The van der Waals surface area contributed by atoms with Crippen LogP contribution in [0.25, 0.3) is 0 Å². The Morgan fingerprint density at radius 3 is 2.48 bits per heavy atom. The van der Waals surface area contributed by atoms with E-state index in [0.717, 1.165) is 55.5 Å². The Bertz CT molecular complexity index is 1110. The molecule has 1 aromatic carbocycles. The summed E-state index contributed by atoms with van der Waals surface area (Å²) in [5.74, 6) is 1.35. The first-order valence-electron chi connectivity index (χ1n) is 10.8. The molecule has 31 heavy (non-hydrogen) atoms. The van der Waals surface area contributed by atoms with Crippen LogP contribution in [0.3, 0.4) is 0 Å². The second-order valence-corrected chi connectivity index (χ2v) is 9.20. The zero-order chi connectivity index (χ0) is 21.8. The van der Waals surface area contributed by atoms with Crippen molar-refractivity contribution >= 4 is 5.91 Å². The Morgan fingerprint density at radius 2 is 1.87 bits per heavy atom. The standard InChI is InChI=1S/C23H29N7O/c1-16-20(17(2)28(4)26-16)22(31)30-13-23(14-30)12-29(10-18-8-6-5-7-9-18)11-19(23)21-25-24-15-27(21)3/h5-9,15,19H,10-14H2,1-4H3. The third-order valence-corrected chi connectivity index (χ3v) is 7.05. The highest BCUT2D eigenvalue weighted by molar-refractivity contribution is 5.97. The van der Waals surface area contributed by atoms with E-state index in [1.165, 1.54) is 5.56 Å². The van der Waals surface area contributed by atoms with Gasteiger partial charge in [0.05, 0.1) is 11.3 Å². The van der Waals surface area contributed by atoms with Gasteiger partial charge in [0.2, 0.25) is 0 Å². The molecule has 2 aliphatic heterocycles. The first-order valence-corrected chi connectivity index (χ1v) is 10.8. The molecule has 1 atom stereocenters. The Labute approximate surface area is 182 Å². The fourth-order valence-electron chi connectivity index (χ4n) is 5.42. The zero-order valence-electron chi connectivity index (χ0n) is 18.6. The van der Waals surface area contributed by atoms with Gasteiger partial charge in [0.15, 0.2) is 0 Å². The Hall–Kier alpha value is -3.00. The quantitative estimate of drug-likeness (QED) is 0.646. The fourth-order valence-corrected chi connectivity index (χ4v) is 5.42. The molecule has 2 aromatic heterocycles. The molecule has 8 nitrogen and oxygen atoms in total. The van der Waals surface area contributed by atoms with Crippen molar-refractivity contribution in [3.8, 4) is 0 Å². The van der Waals surface area contributed by atoms with E-state index in [4.69, 9.17) is 0 Å². The first-order chi connectivity index (χ1) is 14.9. The van der Waals surface area contributed by atoms with Gasteiger partial charge in [-0.1, -0.05) is 30.3 Å². The van der Waals surface area contributed by atoms with Crippen LogP contribution >= 0.6 is 0 Å². The predicted octanol–water partition coefficient (Wildman–Crippen LogP) is 1.91. The molecule has 2 fully saturated rings. The third-order valence-electron chi connectivity index (χ3n) is 7.05. The van der Waals surface area contributed by atoms with E-state index in [2.05, 4.69) is 50.5 Å². The van der Waals surface area contributed by atoms with Crippen LogP contribution in [0.1, 0.15) is 39.1 Å². The van der Waals surface area contributed by atoms with E-state index in [0.29, 0.717) is 0 Å². The topological polar surface area (TPSA) is 72.1 Å². The number of carbonyl (C=O) groups excluding carboxylic acids is 1. The van der Waals surface area contributed by atoms with Crippen molar-refractivity contribution in [3.63, 3.8) is 0 Å². The highest BCUT2D eigenvalue weighted by Crippen LogP contribution is 2.49. The molecule has 8 heteroatoms. The summed E-state index contributed by atoms with van der Waals surface area (Å²) >= 11 is 0. The molecule has 2 saturated heterocycles. The molecule has 4 heterocycles. The molecule has 1 unspecified atom stereocenters. The van der Waals surface area contributed by atoms with E-state index >= 15 is 0 Å². The lowest BCUT2D eigenvalue weighted by atomic mass is 9.71. The molecule has 0 radical (unpaired) electrons. The van der Waals surface area contributed by atoms with E-state index in [1.807, 2.05) is 37.4 Å². The van der Waals surface area contributed by atoms with Crippen LogP contribution < -0.4 is 0 Å². The van der Waals surface area contributed by atoms with Crippen molar-refractivity contribution < 1.29 is 4.79 Å². The van der Waals surface area contributed by atoms with Crippen LogP contribution in [0.15, 0.2) is 36.7 Å². The van der Waals surface area contributed by atoms with Crippen molar-refractivity contribution in [2.24, 2.45) is 19.5 Å². The van der Waals surface area contributed by atoms with Gasteiger partial charge in [-0.3, -0.25) is 14.4 Å². The minimum absolute atomic E-state index is 0.00918. The smallest absolute Gasteiger partial charge is 0.257 e. The van der Waals surface area contributed by atoms with Crippen LogP contribution in [-0.4, -0.2) is 66.4 Å². The van der Waals surface area contributed by atoms with Crippen molar-refractivity contribution in [1.82, 2.24) is 34.3 Å². The largest absolute Gasteiger partial charge is 0.337 e. The molecule has 5 rings (SSSR count). The van der Waals surface area contributed by atoms with Gasteiger partial charge in [0.25, 0.3) is 5.91 Å². The van der Waals surface area contributed by atoms with Gasteiger partial charge in [-0.15, -0.1) is 10.2 Å². The van der Waals surface area contributed by atoms with Crippen molar-refractivity contribution in [2.45, 2.75) is 26.3 Å². The second-order valence-electron chi connectivity index (χ2n) is 9.20. The van der Waals surface area contributed by atoms with Gasteiger partial charge in [-0.2, -0.15) is 5.10 Å². The number of benzene rings is 1. The molecular formula is C23H29N7O. The number of aromatic nitrogens is 5. The number of likely N-dealkylation sites (tertiary alicyclic amines) is 2. The number of nitrogens with zero attached hydrogens (tertiary/aromatic N) is 7. The molecule has 0 aliphatic carbocycles. The molecule has 162 valence electrons. The minimum Gasteiger partial charge on any atom is -0.337 e. The van der Waals surface area contributed by atoms with E-state index in [1.54, 1.807) is 11.0 Å². The van der Waals surface area contributed by atoms with Crippen LogP contribution in [-0.2, 0) is 20.6 Å². The molecule has 3 aromatic rings. The van der Waals surface area contributed by atoms with Crippen molar-refractivity contribution in [2.75, 3.05) is 26.2 Å². The van der Waals surface area contributed by atoms with Crippen LogP contribution in [0.5, 0.6) is 0 Å². The highest BCUT2D eigenvalue weighted by Gasteiger charge is 2.57. The average molecular weight is 420 g/mol. The van der Waals surface area contributed by atoms with Crippen LogP contribution in [0, 0.1) is 19.3 Å². The molecule has 2 aliphatic rings.